The molecule has 0 spiro atoms. The Balaban J connectivity index is 1.23. The highest BCUT2D eigenvalue weighted by atomic mass is 16.5. The predicted octanol–water partition coefficient (Wildman–Crippen LogP) is 5.43. The van der Waals surface area contributed by atoms with Gasteiger partial charge in [0.15, 0.2) is 0 Å². The third-order valence-electron chi connectivity index (χ3n) is 6.39. The molecule has 35 heavy (non-hydrogen) atoms. The molecule has 0 unspecified atom stereocenters. The summed E-state index contributed by atoms with van der Waals surface area (Å²) in [7, 11) is 0. The molecule has 0 bridgehead atoms. The Bertz CT molecular complexity index is 1250. The molecule has 2 heterocycles. The maximum Gasteiger partial charge on any atom is 0.338 e. The number of rotatable bonds is 7. The third kappa shape index (κ3) is 5.40. The van der Waals surface area contributed by atoms with Crippen LogP contribution in [0.15, 0.2) is 79.0 Å². The molecule has 4 aromatic rings. The molecule has 0 saturated heterocycles. The second-order valence-corrected chi connectivity index (χ2v) is 8.81. The highest BCUT2D eigenvalue weighted by Gasteiger charge is 2.28. The molecule has 1 aliphatic rings. The van der Waals surface area contributed by atoms with Crippen LogP contribution in [0.5, 0.6) is 5.88 Å². The molecule has 1 fully saturated rings. The Labute approximate surface area is 204 Å². The molecular formula is C28H28N4O3. The van der Waals surface area contributed by atoms with Gasteiger partial charge in [0.25, 0.3) is 0 Å². The summed E-state index contributed by atoms with van der Waals surface area (Å²) in [5.41, 5.74) is 2.42. The number of ether oxygens (including phenoxy) is 2. The van der Waals surface area contributed by atoms with Gasteiger partial charge in [-0.05, 0) is 68.5 Å². The van der Waals surface area contributed by atoms with Gasteiger partial charge in [0, 0.05) is 23.9 Å². The van der Waals surface area contributed by atoms with E-state index in [1.165, 1.54) is 0 Å². The fraction of sp³-hybridized carbons (Fsp3) is 0.286. The van der Waals surface area contributed by atoms with Crippen LogP contribution in [-0.4, -0.2) is 31.8 Å². The van der Waals surface area contributed by atoms with E-state index in [4.69, 9.17) is 9.47 Å². The normalized spacial score (nSPS) is 17.6. The van der Waals surface area contributed by atoms with Crippen molar-refractivity contribution in [2.45, 2.75) is 51.2 Å². The van der Waals surface area contributed by atoms with Gasteiger partial charge in [-0.2, -0.15) is 0 Å². The van der Waals surface area contributed by atoms with Crippen LogP contribution >= 0.6 is 0 Å². The summed E-state index contributed by atoms with van der Waals surface area (Å²) in [5, 5.41) is 8.87. The van der Waals surface area contributed by atoms with E-state index >= 15 is 0 Å². The number of hydrogen-bond donors (Lipinski definition) is 0. The number of aryl methyl sites for hydroxylation is 1. The minimum Gasteiger partial charge on any atom is -0.474 e. The van der Waals surface area contributed by atoms with Crippen LogP contribution in [-0.2, 0) is 11.3 Å². The maximum absolute atomic E-state index is 12.5. The molecule has 1 aliphatic carbocycles. The molecule has 5 rings (SSSR count). The zero-order chi connectivity index (χ0) is 24.0. The summed E-state index contributed by atoms with van der Waals surface area (Å²) >= 11 is 0. The first kappa shape index (κ1) is 22.8. The third-order valence-corrected chi connectivity index (χ3v) is 6.39. The van der Waals surface area contributed by atoms with E-state index in [1.54, 1.807) is 18.3 Å². The van der Waals surface area contributed by atoms with E-state index in [9.17, 15) is 4.79 Å². The second-order valence-electron chi connectivity index (χ2n) is 8.81. The number of hydrogen-bond acceptors (Lipinski definition) is 6. The number of carbonyl (C=O) groups is 1. The smallest absolute Gasteiger partial charge is 0.338 e. The Morgan fingerprint density at radius 1 is 0.914 bits per heavy atom. The van der Waals surface area contributed by atoms with Gasteiger partial charge in [-0.1, -0.05) is 36.4 Å². The first-order valence-electron chi connectivity index (χ1n) is 12.0. The van der Waals surface area contributed by atoms with Gasteiger partial charge in [0.2, 0.25) is 5.88 Å². The average Bonchev–Trinajstić information content (AvgIpc) is 3.30. The Morgan fingerprint density at radius 3 is 2.37 bits per heavy atom. The summed E-state index contributed by atoms with van der Waals surface area (Å²) < 4.78 is 13.6. The minimum absolute atomic E-state index is 0.166. The van der Waals surface area contributed by atoms with Crippen LogP contribution in [0.25, 0.3) is 5.69 Å². The van der Waals surface area contributed by atoms with Gasteiger partial charge in [-0.3, -0.25) is 4.57 Å². The monoisotopic (exact) mass is 468 g/mol. The van der Waals surface area contributed by atoms with E-state index in [-0.39, 0.29) is 18.7 Å². The molecule has 178 valence electrons. The number of esters is 1. The molecule has 0 radical (unpaired) electrons. The van der Waals surface area contributed by atoms with Crippen molar-refractivity contribution in [2.75, 3.05) is 0 Å². The van der Waals surface area contributed by atoms with Crippen LogP contribution in [0, 0.1) is 6.92 Å². The van der Waals surface area contributed by atoms with Crippen LogP contribution in [0.4, 0.5) is 0 Å². The molecule has 7 nitrogen and oxygen atoms in total. The van der Waals surface area contributed by atoms with Crippen molar-refractivity contribution in [2.24, 2.45) is 0 Å². The molecule has 1 saturated carbocycles. The Kier molecular flexibility index (Phi) is 6.84. The fourth-order valence-corrected chi connectivity index (χ4v) is 4.54. The SMILES string of the molecule is Cc1nnc([C@H]2CC[C@H](Oc3ccccn3)CC2)n1-c1ccc(C(=O)OCc2ccccc2)cc1. The van der Waals surface area contributed by atoms with E-state index < -0.39 is 0 Å². The molecule has 0 atom stereocenters. The lowest BCUT2D eigenvalue weighted by Gasteiger charge is -2.28. The first-order chi connectivity index (χ1) is 17.2. The molecule has 0 N–H and O–H groups in total. The number of carbonyl (C=O) groups excluding carboxylic acids is 1. The van der Waals surface area contributed by atoms with Gasteiger partial charge in [0.1, 0.15) is 24.4 Å². The quantitative estimate of drug-likeness (QED) is 0.336. The molecular weight excluding hydrogens is 440 g/mol. The minimum atomic E-state index is -0.340. The Hall–Kier alpha value is -4.00. The van der Waals surface area contributed by atoms with Gasteiger partial charge in [0.05, 0.1) is 5.56 Å². The first-order valence-corrected chi connectivity index (χ1v) is 12.0. The topological polar surface area (TPSA) is 79.1 Å². The molecule has 2 aromatic heterocycles. The molecule has 7 heteroatoms. The van der Waals surface area contributed by atoms with Crippen molar-refractivity contribution in [1.82, 2.24) is 19.7 Å². The molecule has 0 amide bonds. The highest BCUT2D eigenvalue weighted by molar-refractivity contribution is 5.89. The maximum atomic E-state index is 12.5. The lowest BCUT2D eigenvalue weighted by molar-refractivity contribution is 0.0472. The van der Waals surface area contributed by atoms with Gasteiger partial charge >= 0.3 is 5.97 Å². The standard InChI is InChI=1S/C28H28N4O3/c1-20-30-31-27(22-12-16-25(17-13-22)35-26-9-5-6-18-29-26)32(20)24-14-10-23(11-15-24)28(33)34-19-21-7-3-2-4-8-21/h2-11,14-15,18,22,25H,12-13,16-17,19H2,1H3/t22-,25-. The zero-order valence-corrected chi connectivity index (χ0v) is 19.7. The van der Waals surface area contributed by atoms with E-state index in [0.29, 0.717) is 17.4 Å². The summed E-state index contributed by atoms with van der Waals surface area (Å²) in [6, 6.07) is 22.8. The van der Waals surface area contributed by atoms with Gasteiger partial charge in [-0.15, -0.1) is 10.2 Å². The average molecular weight is 469 g/mol. The summed E-state index contributed by atoms with van der Waals surface area (Å²) in [4.78, 5) is 16.8. The van der Waals surface area contributed by atoms with Gasteiger partial charge < -0.3 is 9.47 Å². The lowest BCUT2D eigenvalue weighted by Crippen LogP contribution is -2.25. The fourth-order valence-electron chi connectivity index (χ4n) is 4.54. The van der Waals surface area contributed by atoms with Crippen molar-refractivity contribution in [3.63, 3.8) is 0 Å². The number of aromatic nitrogens is 4. The largest absolute Gasteiger partial charge is 0.474 e. The van der Waals surface area contributed by atoms with E-state index in [0.717, 1.165) is 48.6 Å². The summed E-state index contributed by atoms with van der Waals surface area (Å²) in [5.74, 6) is 2.42. The molecule has 0 aliphatic heterocycles. The van der Waals surface area contributed by atoms with E-state index in [2.05, 4.69) is 19.7 Å². The lowest BCUT2D eigenvalue weighted by atomic mass is 9.86. The van der Waals surface area contributed by atoms with Crippen LogP contribution in [0.1, 0.15) is 59.2 Å². The highest BCUT2D eigenvalue weighted by Crippen LogP contribution is 2.34. The van der Waals surface area contributed by atoms with Crippen LogP contribution < -0.4 is 4.74 Å². The van der Waals surface area contributed by atoms with Crippen molar-refractivity contribution in [3.05, 3.63) is 102 Å². The van der Waals surface area contributed by atoms with Crippen molar-refractivity contribution < 1.29 is 14.3 Å². The Morgan fingerprint density at radius 2 is 1.66 bits per heavy atom. The summed E-state index contributed by atoms with van der Waals surface area (Å²) in [6.07, 6.45) is 5.75. The predicted molar refractivity (Wildman–Crippen MR) is 132 cm³/mol. The van der Waals surface area contributed by atoms with Crippen molar-refractivity contribution >= 4 is 5.97 Å². The zero-order valence-electron chi connectivity index (χ0n) is 19.7. The number of pyridine rings is 1. The van der Waals surface area contributed by atoms with Gasteiger partial charge in [-0.25, -0.2) is 9.78 Å². The molecule has 2 aromatic carbocycles. The van der Waals surface area contributed by atoms with Crippen molar-refractivity contribution in [1.29, 1.82) is 0 Å². The van der Waals surface area contributed by atoms with Crippen LogP contribution in [0.2, 0.25) is 0 Å². The van der Waals surface area contributed by atoms with E-state index in [1.807, 2.05) is 67.6 Å². The number of nitrogens with zero attached hydrogens (tertiary/aromatic N) is 4. The summed E-state index contributed by atoms with van der Waals surface area (Å²) in [6.45, 7) is 2.21. The number of benzene rings is 2. The second kappa shape index (κ2) is 10.5. The van der Waals surface area contributed by atoms with Crippen molar-refractivity contribution in [3.8, 4) is 11.6 Å². The van der Waals surface area contributed by atoms with Crippen LogP contribution in [0.3, 0.4) is 0 Å².